The van der Waals surface area contributed by atoms with Crippen molar-refractivity contribution < 1.29 is 33.4 Å². The summed E-state index contributed by atoms with van der Waals surface area (Å²) in [5.41, 5.74) is -0.467. The predicted molar refractivity (Wildman–Crippen MR) is 155 cm³/mol. The van der Waals surface area contributed by atoms with Crippen molar-refractivity contribution in [3.05, 3.63) is 18.2 Å². The molecular weight excluding hydrogens is 526 g/mol. The highest BCUT2D eigenvalue weighted by Crippen LogP contribution is 2.43. The summed E-state index contributed by atoms with van der Waals surface area (Å²) in [6, 6.07) is 5.51. The molecule has 1 saturated carbocycles. The van der Waals surface area contributed by atoms with Crippen LogP contribution in [0.4, 0.5) is 16.2 Å². The number of benzene rings is 1. The maximum Gasteiger partial charge on any atom is 0.410 e. The highest BCUT2D eigenvalue weighted by molar-refractivity contribution is 6.04. The Balaban J connectivity index is 1.63. The van der Waals surface area contributed by atoms with Gasteiger partial charge in [0, 0.05) is 37.3 Å². The maximum absolute atomic E-state index is 14.2. The van der Waals surface area contributed by atoms with E-state index >= 15 is 0 Å². The molecule has 1 aromatic carbocycles. The average Bonchev–Trinajstić information content (AvgIpc) is 3.70. The van der Waals surface area contributed by atoms with Crippen molar-refractivity contribution in [1.29, 1.82) is 0 Å². The van der Waals surface area contributed by atoms with E-state index in [0.717, 1.165) is 12.8 Å². The molecular formula is C31H45N3O7. The molecule has 2 fully saturated rings. The lowest BCUT2D eigenvalue weighted by Crippen LogP contribution is -2.53. The van der Waals surface area contributed by atoms with Gasteiger partial charge < -0.3 is 28.9 Å². The Hall–Kier alpha value is -3.14. The molecule has 3 aliphatic rings. The van der Waals surface area contributed by atoms with Crippen molar-refractivity contribution in [1.82, 2.24) is 4.90 Å². The number of ketones is 1. The standard InChI is InChI=1S/C31H45N3O7/c1-19(2)39-14-13-33-25-16-24(11-12-26(25)40-31(7,8)28(33)37)34(23-9-10-23)27(36)22-15-21(20(3)35)17-32(18-22)29(38)41-30(4,5)6/h11-12,16,19,21-23H,9-10,13-15,17-18H2,1-8H3/t21-,22+/m0/s1. The molecule has 41 heavy (non-hydrogen) atoms. The van der Waals surface area contributed by atoms with Gasteiger partial charge >= 0.3 is 6.09 Å². The third-order valence-electron chi connectivity index (χ3n) is 7.58. The van der Waals surface area contributed by atoms with Crippen LogP contribution in [0, 0.1) is 11.8 Å². The molecule has 3 amide bonds. The molecule has 0 aromatic heterocycles. The number of amides is 3. The molecule has 226 valence electrons. The normalized spacial score (nSPS) is 22.2. The zero-order valence-corrected chi connectivity index (χ0v) is 25.7. The second kappa shape index (κ2) is 11.6. The van der Waals surface area contributed by atoms with Crippen molar-refractivity contribution in [2.24, 2.45) is 11.8 Å². The van der Waals surface area contributed by atoms with Crippen molar-refractivity contribution >= 4 is 35.1 Å². The first-order chi connectivity index (χ1) is 19.1. The number of nitrogens with zero attached hydrogens (tertiary/aromatic N) is 3. The van der Waals surface area contributed by atoms with E-state index in [4.69, 9.17) is 14.2 Å². The quantitative estimate of drug-likeness (QED) is 0.450. The highest BCUT2D eigenvalue weighted by Gasteiger charge is 2.44. The predicted octanol–water partition coefficient (Wildman–Crippen LogP) is 4.57. The summed E-state index contributed by atoms with van der Waals surface area (Å²) >= 11 is 0. The Kier molecular flexibility index (Phi) is 8.73. The summed E-state index contributed by atoms with van der Waals surface area (Å²) in [6.07, 6.45) is 1.59. The molecule has 10 heteroatoms. The van der Waals surface area contributed by atoms with Crippen LogP contribution in [0.15, 0.2) is 18.2 Å². The van der Waals surface area contributed by atoms with E-state index in [-0.39, 0.29) is 42.8 Å². The lowest BCUT2D eigenvalue weighted by Gasteiger charge is -2.40. The van der Waals surface area contributed by atoms with E-state index in [2.05, 4.69) is 0 Å². The SMILES string of the molecule is CC(=O)[C@H]1C[C@@H](C(=O)N(c2ccc3c(c2)N(CCOC(C)C)C(=O)C(C)(C)O3)C2CC2)CN(C(=O)OC(C)(C)C)C1. The Morgan fingerprint density at radius 1 is 1.12 bits per heavy atom. The molecule has 0 N–H and O–H groups in total. The summed E-state index contributed by atoms with van der Waals surface area (Å²) in [4.78, 5) is 57.9. The second-order valence-electron chi connectivity index (χ2n) is 13.2. The lowest BCUT2D eigenvalue weighted by atomic mass is 9.86. The molecule has 2 atom stereocenters. The molecule has 10 nitrogen and oxygen atoms in total. The zero-order valence-electron chi connectivity index (χ0n) is 25.7. The lowest BCUT2D eigenvalue weighted by molar-refractivity contribution is -0.133. The van der Waals surface area contributed by atoms with Gasteiger partial charge in [0.05, 0.1) is 24.3 Å². The van der Waals surface area contributed by atoms with Crippen LogP contribution in [0.25, 0.3) is 0 Å². The van der Waals surface area contributed by atoms with Gasteiger partial charge in [0.2, 0.25) is 5.91 Å². The van der Waals surface area contributed by atoms with Gasteiger partial charge in [-0.25, -0.2) is 4.79 Å². The molecule has 0 radical (unpaired) electrons. The Labute approximate surface area is 243 Å². The number of carbonyl (C=O) groups excluding carboxylic acids is 4. The summed E-state index contributed by atoms with van der Waals surface area (Å²) in [6.45, 7) is 15.4. The molecule has 0 spiro atoms. The maximum atomic E-state index is 14.2. The fourth-order valence-corrected chi connectivity index (χ4v) is 5.40. The van der Waals surface area contributed by atoms with Crippen LogP contribution in [-0.2, 0) is 23.9 Å². The molecule has 0 unspecified atom stereocenters. The van der Waals surface area contributed by atoms with Gasteiger partial charge in [-0.05, 0) is 92.9 Å². The monoisotopic (exact) mass is 571 g/mol. The van der Waals surface area contributed by atoms with Crippen LogP contribution < -0.4 is 14.5 Å². The van der Waals surface area contributed by atoms with Crippen molar-refractivity contribution in [3.63, 3.8) is 0 Å². The zero-order chi connectivity index (χ0) is 30.3. The van der Waals surface area contributed by atoms with Crippen LogP contribution in [0.5, 0.6) is 5.75 Å². The van der Waals surface area contributed by atoms with E-state index in [0.29, 0.717) is 36.7 Å². The average molecular weight is 572 g/mol. The molecule has 4 rings (SSSR count). The first kappa shape index (κ1) is 30.8. The van der Waals surface area contributed by atoms with Crippen molar-refractivity contribution in [3.8, 4) is 5.75 Å². The number of carbonyl (C=O) groups is 4. The number of likely N-dealkylation sites (tertiary alicyclic amines) is 1. The fourth-order valence-electron chi connectivity index (χ4n) is 5.40. The van der Waals surface area contributed by atoms with E-state index in [9.17, 15) is 19.2 Å². The largest absolute Gasteiger partial charge is 0.476 e. The molecule has 2 aliphatic heterocycles. The number of anilines is 2. The molecule has 0 bridgehead atoms. The van der Waals surface area contributed by atoms with E-state index in [1.54, 1.807) is 44.4 Å². The van der Waals surface area contributed by atoms with Gasteiger partial charge in [-0.2, -0.15) is 0 Å². The third kappa shape index (κ3) is 7.20. The van der Waals surface area contributed by atoms with Crippen molar-refractivity contribution in [2.45, 2.75) is 98.0 Å². The van der Waals surface area contributed by atoms with Gasteiger partial charge in [-0.1, -0.05) is 0 Å². The number of rotatable bonds is 8. The van der Waals surface area contributed by atoms with Crippen LogP contribution in [0.1, 0.15) is 74.7 Å². The van der Waals surface area contributed by atoms with Gasteiger partial charge in [0.15, 0.2) is 5.60 Å². The summed E-state index contributed by atoms with van der Waals surface area (Å²) in [5.74, 6) is -0.807. The Morgan fingerprint density at radius 2 is 1.78 bits per heavy atom. The van der Waals surface area contributed by atoms with Crippen LogP contribution in [0.3, 0.4) is 0 Å². The van der Waals surface area contributed by atoms with Gasteiger partial charge in [0.1, 0.15) is 17.1 Å². The minimum atomic E-state index is -1.03. The number of fused-ring (bicyclic) bond motifs is 1. The Morgan fingerprint density at radius 3 is 2.37 bits per heavy atom. The summed E-state index contributed by atoms with van der Waals surface area (Å²) < 4.78 is 17.4. The van der Waals surface area contributed by atoms with Crippen molar-refractivity contribution in [2.75, 3.05) is 36.0 Å². The van der Waals surface area contributed by atoms with Gasteiger partial charge in [-0.15, -0.1) is 0 Å². The van der Waals surface area contributed by atoms with Gasteiger partial charge in [0.25, 0.3) is 5.91 Å². The van der Waals surface area contributed by atoms with Crippen LogP contribution >= 0.6 is 0 Å². The molecule has 2 heterocycles. The molecule has 1 aromatic rings. The Bertz CT molecular complexity index is 1180. The number of ether oxygens (including phenoxy) is 3. The number of hydrogen-bond acceptors (Lipinski definition) is 7. The van der Waals surface area contributed by atoms with E-state index in [1.807, 2.05) is 32.0 Å². The third-order valence-corrected chi connectivity index (χ3v) is 7.58. The number of hydrogen-bond donors (Lipinski definition) is 0. The topological polar surface area (TPSA) is 106 Å². The summed E-state index contributed by atoms with van der Waals surface area (Å²) in [7, 11) is 0. The number of Topliss-reactive ketones (excluding diaryl/α,β-unsaturated/α-hetero) is 1. The van der Waals surface area contributed by atoms with Crippen LogP contribution in [0.2, 0.25) is 0 Å². The van der Waals surface area contributed by atoms with E-state index in [1.165, 1.54) is 11.8 Å². The second-order valence-corrected chi connectivity index (χ2v) is 13.2. The first-order valence-corrected chi connectivity index (χ1v) is 14.7. The molecule has 1 aliphatic carbocycles. The number of piperidine rings is 1. The highest BCUT2D eigenvalue weighted by atomic mass is 16.6. The smallest absolute Gasteiger partial charge is 0.410 e. The molecule has 1 saturated heterocycles. The fraction of sp³-hybridized carbons (Fsp3) is 0.677. The van der Waals surface area contributed by atoms with Crippen LogP contribution in [-0.4, -0.2) is 78.2 Å². The van der Waals surface area contributed by atoms with Gasteiger partial charge in [-0.3, -0.25) is 14.4 Å². The first-order valence-electron chi connectivity index (χ1n) is 14.7. The minimum Gasteiger partial charge on any atom is -0.476 e. The summed E-state index contributed by atoms with van der Waals surface area (Å²) in [5, 5.41) is 0. The van der Waals surface area contributed by atoms with E-state index < -0.39 is 29.1 Å². The minimum absolute atomic E-state index is 0.0163.